The summed E-state index contributed by atoms with van der Waals surface area (Å²) < 4.78 is 27.0. The van der Waals surface area contributed by atoms with Gasteiger partial charge in [-0.05, 0) is 32.3 Å². The Kier molecular flexibility index (Phi) is 4.35. The molecule has 108 valence electrons. The Morgan fingerprint density at radius 3 is 2.68 bits per heavy atom. The van der Waals surface area contributed by atoms with Gasteiger partial charge in [0.2, 0.25) is 10.0 Å². The summed E-state index contributed by atoms with van der Waals surface area (Å²) in [6, 6.07) is 1.91. The average Bonchev–Trinajstić information content (AvgIpc) is 2.69. The van der Waals surface area contributed by atoms with Gasteiger partial charge in [-0.2, -0.15) is 4.31 Å². The summed E-state index contributed by atoms with van der Waals surface area (Å²) in [6.07, 6.45) is 1.68. The molecule has 6 heteroatoms. The van der Waals surface area contributed by atoms with Crippen molar-refractivity contribution in [2.24, 2.45) is 11.7 Å². The first-order chi connectivity index (χ1) is 8.86. The zero-order chi connectivity index (χ0) is 14.2. The fourth-order valence-corrected chi connectivity index (χ4v) is 5.71. The highest BCUT2D eigenvalue weighted by Crippen LogP contribution is 2.30. The molecular weight excluding hydrogens is 280 g/mol. The lowest BCUT2D eigenvalue weighted by Gasteiger charge is -2.35. The molecule has 0 radical (unpaired) electrons. The number of nitrogens with two attached hydrogens (primary N) is 1. The second-order valence-corrected chi connectivity index (χ2v) is 8.63. The Balaban J connectivity index is 2.28. The van der Waals surface area contributed by atoms with Gasteiger partial charge in [0.05, 0.1) is 4.90 Å². The van der Waals surface area contributed by atoms with Gasteiger partial charge in [-0.25, -0.2) is 8.42 Å². The van der Waals surface area contributed by atoms with E-state index in [9.17, 15) is 8.42 Å². The topological polar surface area (TPSA) is 63.4 Å². The Labute approximate surface area is 119 Å². The maximum atomic E-state index is 12.7. The molecule has 0 bridgehead atoms. The van der Waals surface area contributed by atoms with E-state index in [1.165, 1.54) is 11.3 Å². The SMILES string of the molecule is CCC1CN(S(=O)(=O)c2cc(C)sc2C)CCC1N. The van der Waals surface area contributed by atoms with Gasteiger partial charge in [0.15, 0.2) is 0 Å². The first-order valence-corrected chi connectivity index (χ1v) is 8.94. The fourth-order valence-electron chi connectivity index (χ4n) is 2.67. The van der Waals surface area contributed by atoms with E-state index in [2.05, 4.69) is 6.92 Å². The third kappa shape index (κ3) is 2.86. The predicted octanol–water partition coefficient (Wildman–Crippen LogP) is 2.11. The minimum absolute atomic E-state index is 0.127. The lowest BCUT2D eigenvalue weighted by atomic mass is 9.92. The molecule has 0 aliphatic carbocycles. The quantitative estimate of drug-likeness (QED) is 0.930. The molecule has 19 heavy (non-hydrogen) atoms. The molecule has 1 aromatic heterocycles. The third-order valence-electron chi connectivity index (χ3n) is 3.89. The number of sulfonamides is 1. The van der Waals surface area contributed by atoms with Gasteiger partial charge in [0, 0.05) is 28.9 Å². The summed E-state index contributed by atoms with van der Waals surface area (Å²) in [5, 5.41) is 0. The molecule has 2 atom stereocenters. The molecule has 2 N–H and O–H groups in total. The fraction of sp³-hybridized carbons (Fsp3) is 0.692. The number of thiophene rings is 1. The molecule has 1 aromatic rings. The molecule has 1 saturated heterocycles. The van der Waals surface area contributed by atoms with E-state index in [1.54, 1.807) is 10.4 Å². The van der Waals surface area contributed by atoms with Gasteiger partial charge in [0.25, 0.3) is 0 Å². The second kappa shape index (κ2) is 5.52. The van der Waals surface area contributed by atoms with Gasteiger partial charge in [-0.15, -0.1) is 11.3 Å². The van der Waals surface area contributed by atoms with E-state index < -0.39 is 10.0 Å². The van der Waals surface area contributed by atoms with E-state index in [0.717, 1.165) is 22.6 Å². The zero-order valence-corrected chi connectivity index (χ0v) is 13.4. The van der Waals surface area contributed by atoms with E-state index in [1.807, 2.05) is 13.8 Å². The van der Waals surface area contributed by atoms with Crippen LogP contribution >= 0.6 is 11.3 Å². The van der Waals surface area contributed by atoms with Crippen LogP contribution in [0.25, 0.3) is 0 Å². The molecule has 1 aliphatic heterocycles. The van der Waals surface area contributed by atoms with Crippen LogP contribution in [0.4, 0.5) is 0 Å². The van der Waals surface area contributed by atoms with E-state index in [0.29, 0.717) is 18.0 Å². The van der Waals surface area contributed by atoms with Crippen LogP contribution in [0.15, 0.2) is 11.0 Å². The normalized spacial score (nSPS) is 25.7. The lowest BCUT2D eigenvalue weighted by molar-refractivity contribution is 0.230. The lowest BCUT2D eigenvalue weighted by Crippen LogP contribution is -2.48. The minimum atomic E-state index is -3.35. The third-order valence-corrected chi connectivity index (χ3v) is 6.98. The first-order valence-electron chi connectivity index (χ1n) is 6.69. The molecule has 0 saturated carbocycles. The Morgan fingerprint density at radius 1 is 1.47 bits per heavy atom. The van der Waals surface area contributed by atoms with Crippen LogP contribution < -0.4 is 5.73 Å². The van der Waals surface area contributed by atoms with E-state index in [-0.39, 0.29) is 12.0 Å². The van der Waals surface area contributed by atoms with Crippen LogP contribution in [-0.2, 0) is 10.0 Å². The highest BCUT2D eigenvalue weighted by atomic mass is 32.2. The molecule has 0 aromatic carbocycles. The molecule has 0 spiro atoms. The molecule has 4 nitrogen and oxygen atoms in total. The van der Waals surface area contributed by atoms with Crippen LogP contribution in [0.5, 0.6) is 0 Å². The van der Waals surface area contributed by atoms with Crippen molar-refractivity contribution >= 4 is 21.4 Å². The summed E-state index contributed by atoms with van der Waals surface area (Å²) in [7, 11) is -3.35. The van der Waals surface area contributed by atoms with Gasteiger partial charge < -0.3 is 5.73 Å². The number of hydrogen-bond acceptors (Lipinski definition) is 4. The highest BCUT2D eigenvalue weighted by molar-refractivity contribution is 7.89. The Bertz CT molecular complexity index is 551. The van der Waals surface area contributed by atoms with Crippen LogP contribution in [0.2, 0.25) is 0 Å². The van der Waals surface area contributed by atoms with Crippen molar-refractivity contribution in [1.82, 2.24) is 4.31 Å². The van der Waals surface area contributed by atoms with Gasteiger partial charge in [0.1, 0.15) is 0 Å². The van der Waals surface area contributed by atoms with Crippen molar-refractivity contribution in [3.05, 3.63) is 15.8 Å². The molecule has 0 amide bonds. The van der Waals surface area contributed by atoms with Crippen LogP contribution in [0, 0.1) is 19.8 Å². The van der Waals surface area contributed by atoms with E-state index in [4.69, 9.17) is 5.73 Å². The molecule has 2 heterocycles. The van der Waals surface area contributed by atoms with Crippen LogP contribution in [0.1, 0.15) is 29.5 Å². The van der Waals surface area contributed by atoms with E-state index >= 15 is 0 Å². The summed E-state index contributed by atoms with van der Waals surface area (Å²) in [5.41, 5.74) is 6.05. The monoisotopic (exact) mass is 302 g/mol. The van der Waals surface area contributed by atoms with Crippen molar-refractivity contribution < 1.29 is 8.42 Å². The molecular formula is C13H22N2O2S2. The Morgan fingerprint density at radius 2 is 2.16 bits per heavy atom. The maximum Gasteiger partial charge on any atom is 0.244 e. The first kappa shape index (κ1) is 15.0. The largest absolute Gasteiger partial charge is 0.327 e. The van der Waals surface area contributed by atoms with Gasteiger partial charge in [-0.3, -0.25) is 0 Å². The predicted molar refractivity (Wildman–Crippen MR) is 78.9 cm³/mol. The molecule has 1 aliphatic rings. The van der Waals surface area contributed by atoms with Crippen molar-refractivity contribution in [2.75, 3.05) is 13.1 Å². The van der Waals surface area contributed by atoms with Crippen LogP contribution in [0.3, 0.4) is 0 Å². The average molecular weight is 302 g/mol. The second-order valence-electron chi connectivity index (χ2n) is 5.26. The Hall–Kier alpha value is -0.430. The number of rotatable bonds is 3. The molecule has 1 fully saturated rings. The highest BCUT2D eigenvalue weighted by Gasteiger charge is 2.34. The summed E-state index contributed by atoms with van der Waals surface area (Å²) in [6.45, 7) is 6.97. The molecule has 2 unspecified atom stereocenters. The summed E-state index contributed by atoms with van der Waals surface area (Å²) >= 11 is 1.54. The van der Waals surface area contributed by atoms with Crippen molar-refractivity contribution in [1.29, 1.82) is 0 Å². The van der Waals surface area contributed by atoms with Crippen LogP contribution in [-0.4, -0.2) is 31.9 Å². The number of hydrogen-bond donors (Lipinski definition) is 1. The van der Waals surface area contributed by atoms with Crippen molar-refractivity contribution in [3.63, 3.8) is 0 Å². The van der Waals surface area contributed by atoms with Crippen molar-refractivity contribution in [2.45, 2.75) is 44.6 Å². The number of piperidine rings is 1. The van der Waals surface area contributed by atoms with Gasteiger partial charge >= 0.3 is 0 Å². The summed E-state index contributed by atoms with van der Waals surface area (Å²) in [5.74, 6) is 0.267. The zero-order valence-electron chi connectivity index (χ0n) is 11.7. The van der Waals surface area contributed by atoms with Gasteiger partial charge in [-0.1, -0.05) is 13.3 Å². The summed E-state index contributed by atoms with van der Waals surface area (Å²) in [4.78, 5) is 2.39. The molecule has 2 rings (SSSR count). The minimum Gasteiger partial charge on any atom is -0.327 e. The number of nitrogens with zero attached hydrogens (tertiary/aromatic N) is 1. The maximum absolute atomic E-state index is 12.7. The number of aryl methyl sites for hydroxylation is 2. The van der Waals surface area contributed by atoms with Crippen molar-refractivity contribution in [3.8, 4) is 0 Å². The standard InChI is InChI=1S/C13H22N2O2S2/c1-4-11-8-15(6-5-12(11)14)19(16,17)13-7-9(2)18-10(13)3/h7,11-12H,4-6,8,14H2,1-3H3. The smallest absolute Gasteiger partial charge is 0.244 e.